The Morgan fingerprint density at radius 3 is 2.32 bits per heavy atom. The van der Waals surface area contributed by atoms with Crippen molar-refractivity contribution in [1.82, 2.24) is 5.32 Å². The van der Waals surface area contributed by atoms with Gasteiger partial charge in [0.05, 0.1) is 18.5 Å². The minimum absolute atomic E-state index is 0.0561. The van der Waals surface area contributed by atoms with Gasteiger partial charge in [-0.15, -0.1) is 0 Å². The molecule has 2 rings (SSSR count). The molecule has 5 nitrogen and oxygen atoms in total. The molecule has 2 aromatic rings. The highest BCUT2D eigenvalue weighted by molar-refractivity contribution is 6.06. The monoisotopic (exact) mass is 339 g/mol. The number of hydrogen-bond acceptors (Lipinski definition) is 4. The first-order valence-corrected chi connectivity index (χ1v) is 8.11. The number of aliphatic imine (C=N–C) groups is 1. The number of nitrogens with zero attached hydrogens (tertiary/aromatic N) is 1. The lowest BCUT2D eigenvalue weighted by Crippen LogP contribution is -2.28. The fourth-order valence-electron chi connectivity index (χ4n) is 2.35. The van der Waals surface area contributed by atoms with Gasteiger partial charge in [0.25, 0.3) is 5.91 Å². The lowest BCUT2D eigenvalue weighted by Gasteiger charge is -2.19. The number of carbonyl (C=O) groups is 1. The fourth-order valence-corrected chi connectivity index (χ4v) is 2.35. The predicted molar refractivity (Wildman–Crippen MR) is 103 cm³/mol. The van der Waals surface area contributed by atoms with Crippen molar-refractivity contribution in [2.75, 3.05) is 12.8 Å². The molecule has 132 valence electrons. The van der Waals surface area contributed by atoms with Crippen molar-refractivity contribution in [3.63, 3.8) is 0 Å². The topological polar surface area (TPSA) is 76.7 Å². The number of nitrogens with two attached hydrogens (primary N) is 1. The Labute approximate surface area is 148 Å². The lowest BCUT2D eigenvalue weighted by atomic mass is 9.87. The number of hydrogen-bond donors (Lipinski definition) is 2. The van der Waals surface area contributed by atoms with Crippen LogP contribution in [-0.4, -0.2) is 18.9 Å². The van der Waals surface area contributed by atoms with Crippen LogP contribution in [0.1, 0.15) is 43.6 Å². The van der Waals surface area contributed by atoms with Crippen LogP contribution in [0, 0.1) is 0 Å². The van der Waals surface area contributed by atoms with Gasteiger partial charge in [0.2, 0.25) is 0 Å². The number of amides is 1. The van der Waals surface area contributed by atoms with Crippen LogP contribution in [0.3, 0.4) is 0 Å². The Hall–Kier alpha value is -2.82. The summed E-state index contributed by atoms with van der Waals surface area (Å²) in [6.07, 6.45) is 0. The lowest BCUT2D eigenvalue weighted by molar-refractivity contribution is 0.0977. The molecule has 0 aromatic heterocycles. The Kier molecular flexibility index (Phi) is 5.47. The summed E-state index contributed by atoms with van der Waals surface area (Å²) in [5.74, 6) is 0.860. The first-order chi connectivity index (χ1) is 11.7. The van der Waals surface area contributed by atoms with Crippen LogP contribution in [0.2, 0.25) is 0 Å². The van der Waals surface area contributed by atoms with Gasteiger partial charge >= 0.3 is 0 Å². The molecule has 0 saturated heterocycles. The molecule has 0 aliphatic carbocycles. The van der Waals surface area contributed by atoms with E-state index in [2.05, 4.69) is 31.1 Å². The SMILES string of the molecule is COc1cc(N=C(C)NC(=O)c2ccc(C(C)(C)C)cc2)ccc1N. The molecular formula is C20H25N3O2. The Morgan fingerprint density at radius 2 is 1.76 bits per heavy atom. The summed E-state index contributed by atoms with van der Waals surface area (Å²) in [6, 6.07) is 12.8. The number of nitrogens with one attached hydrogen (secondary N) is 1. The smallest absolute Gasteiger partial charge is 0.256 e. The highest BCUT2D eigenvalue weighted by Crippen LogP contribution is 2.26. The summed E-state index contributed by atoms with van der Waals surface area (Å²) in [5.41, 5.74) is 8.82. The van der Waals surface area contributed by atoms with Gasteiger partial charge in [-0.2, -0.15) is 0 Å². The third kappa shape index (κ3) is 4.83. The maximum Gasteiger partial charge on any atom is 0.256 e. The van der Waals surface area contributed by atoms with E-state index >= 15 is 0 Å². The van der Waals surface area contributed by atoms with Crippen molar-refractivity contribution in [2.24, 2.45) is 4.99 Å². The third-order valence-electron chi connectivity index (χ3n) is 3.82. The summed E-state index contributed by atoms with van der Waals surface area (Å²) in [7, 11) is 1.55. The number of benzene rings is 2. The van der Waals surface area contributed by atoms with Gasteiger partial charge in [0, 0.05) is 11.6 Å². The summed E-state index contributed by atoms with van der Waals surface area (Å²) in [6.45, 7) is 8.16. The molecular weight excluding hydrogens is 314 g/mol. The molecule has 5 heteroatoms. The Bertz CT molecular complexity index is 788. The normalized spacial score (nSPS) is 12.0. The van der Waals surface area contributed by atoms with Gasteiger partial charge in [-0.05, 0) is 42.2 Å². The zero-order valence-electron chi connectivity index (χ0n) is 15.4. The van der Waals surface area contributed by atoms with Crippen molar-refractivity contribution in [3.05, 3.63) is 53.6 Å². The summed E-state index contributed by atoms with van der Waals surface area (Å²) >= 11 is 0. The number of ether oxygens (including phenoxy) is 1. The average molecular weight is 339 g/mol. The average Bonchev–Trinajstić information content (AvgIpc) is 2.55. The van der Waals surface area contributed by atoms with Crippen molar-refractivity contribution in [2.45, 2.75) is 33.1 Å². The quantitative estimate of drug-likeness (QED) is 0.503. The fraction of sp³-hybridized carbons (Fsp3) is 0.300. The van der Waals surface area contributed by atoms with E-state index in [1.165, 1.54) is 5.56 Å². The number of nitrogen functional groups attached to an aromatic ring is 1. The van der Waals surface area contributed by atoms with Crippen molar-refractivity contribution in [1.29, 1.82) is 0 Å². The second-order valence-corrected chi connectivity index (χ2v) is 6.90. The molecule has 0 aliphatic heterocycles. The zero-order valence-corrected chi connectivity index (χ0v) is 15.4. The van der Waals surface area contributed by atoms with Crippen molar-refractivity contribution >= 4 is 23.1 Å². The maximum absolute atomic E-state index is 12.3. The third-order valence-corrected chi connectivity index (χ3v) is 3.82. The number of methoxy groups -OCH3 is 1. The maximum atomic E-state index is 12.3. The molecule has 0 fully saturated rings. The predicted octanol–water partition coefficient (Wildman–Crippen LogP) is 4.05. The van der Waals surface area contributed by atoms with E-state index in [1.54, 1.807) is 32.2 Å². The van der Waals surface area contributed by atoms with Crippen molar-refractivity contribution < 1.29 is 9.53 Å². The largest absolute Gasteiger partial charge is 0.495 e. The minimum atomic E-state index is -0.191. The van der Waals surface area contributed by atoms with Crippen LogP contribution in [0.25, 0.3) is 0 Å². The van der Waals surface area contributed by atoms with Gasteiger partial charge in [-0.3, -0.25) is 4.79 Å². The Morgan fingerprint density at radius 1 is 1.12 bits per heavy atom. The van der Waals surface area contributed by atoms with Crippen molar-refractivity contribution in [3.8, 4) is 5.75 Å². The second kappa shape index (κ2) is 7.38. The van der Waals surface area contributed by atoms with E-state index in [9.17, 15) is 4.79 Å². The number of amidine groups is 1. The standard InChI is InChI=1S/C20H25N3O2/c1-13(22-16-10-11-17(21)18(12-16)25-5)23-19(24)14-6-8-15(9-7-14)20(2,3)4/h6-12H,21H2,1-5H3,(H,22,23,24). The van der Waals surface area contributed by atoms with E-state index in [4.69, 9.17) is 10.5 Å². The molecule has 0 bridgehead atoms. The van der Waals surface area contributed by atoms with E-state index in [1.807, 2.05) is 24.3 Å². The molecule has 3 N–H and O–H groups in total. The Balaban J connectivity index is 2.11. The molecule has 0 aliphatic rings. The number of anilines is 1. The molecule has 1 amide bonds. The number of rotatable bonds is 3. The molecule has 0 unspecified atom stereocenters. The summed E-state index contributed by atoms with van der Waals surface area (Å²) < 4.78 is 5.17. The first kappa shape index (κ1) is 18.5. The second-order valence-electron chi connectivity index (χ2n) is 6.90. The molecule has 2 aromatic carbocycles. The van der Waals surface area contributed by atoms with Crippen LogP contribution in [0.4, 0.5) is 11.4 Å². The first-order valence-electron chi connectivity index (χ1n) is 8.11. The van der Waals surface area contributed by atoms with Crippen LogP contribution in [0.15, 0.2) is 47.5 Å². The van der Waals surface area contributed by atoms with Crippen LogP contribution < -0.4 is 15.8 Å². The molecule has 25 heavy (non-hydrogen) atoms. The van der Waals surface area contributed by atoms with E-state index in [0.29, 0.717) is 28.5 Å². The summed E-state index contributed by atoms with van der Waals surface area (Å²) in [5, 5.41) is 2.79. The minimum Gasteiger partial charge on any atom is -0.495 e. The molecule has 0 heterocycles. The van der Waals surface area contributed by atoms with Gasteiger partial charge in [-0.1, -0.05) is 32.9 Å². The van der Waals surface area contributed by atoms with E-state index in [-0.39, 0.29) is 11.3 Å². The van der Waals surface area contributed by atoms with Gasteiger partial charge in [0.1, 0.15) is 11.6 Å². The molecule has 0 radical (unpaired) electrons. The number of carbonyl (C=O) groups excluding carboxylic acids is 1. The molecule has 0 saturated carbocycles. The van der Waals surface area contributed by atoms with E-state index in [0.717, 1.165) is 0 Å². The van der Waals surface area contributed by atoms with Gasteiger partial charge in [0.15, 0.2) is 0 Å². The highest BCUT2D eigenvalue weighted by Gasteiger charge is 2.14. The summed E-state index contributed by atoms with van der Waals surface area (Å²) in [4.78, 5) is 16.7. The van der Waals surface area contributed by atoms with E-state index < -0.39 is 0 Å². The van der Waals surface area contributed by atoms with Crippen LogP contribution in [-0.2, 0) is 5.41 Å². The molecule has 0 atom stereocenters. The van der Waals surface area contributed by atoms with Gasteiger partial charge in [-0.25, -0.2) is 4.99 Å². The highest BCUT2D eigenvalue weighted by atomic mass is 16.5. The van der Waals surface area contributed by atoms with Crippen LogP contribution >= 0.6 is 0 Å². The molecule has 0 spiro atoms. The zero-order chi connectivity index (χ0) is 18.6. The van der Waals surface area contributed by atoms with Crippen LogP contribution in [0.5, 0.6) is 5.75 Å². The van der Waals surface area contributed by atoms with Gasteiger partial charge < -0.3 is 15.8 Å².